The first-order valence-electron chi connectivity index (χ1n) is 12.8. The molecule has 0 atom stereocenters. The van der Waals surface area contributed by atoms with Gasteiger partial charge >= 0.3 is 0 Å². The van der Waals surface area contributed by atoms with E-state index in [1.807, 2.05) is 55.1 Å². The van der Waals surface area contributed by atoms with Gasteiger partial charge in [0.05, 0.1) is 11.1 Å². The van der Waals surface area contributed by atoms with Crippen molar-refractivity contribution in [1.29, 1.82) is 0 Å². The highest BCUT2D eigenvalue weighted by Crippen LogP contribution is 2.42. The summed E-state index contributed by atoms with van der Waals surface area (Å²) < 4.78 is 8.27. The van der Waals surface area contributed by atoms with Crippen LogP contribution in [0.3, 0.4) is 0 Å². The van der Waals surface area contributed by atoms with E-state index in [0.29, 0.717) is 29.2 Å². The third kappa shape index (κ3) is 4.43. The van der Waals surface area contributed by atoms with Crippen LogP contribution in [0.15, 0.2) is 72.6 Å². The number of fused-ring (bicyclic) bond motifs is 2. The molecule has 1 aromatic heterocycles. The maximum atomic E-state index is 13.4. The van der Waals surface area contributed by atoms with Gasteiger partial charge in [-0.05, 0) is 36.3 Å². The number of para-hydroxylation sites is 1. The van der Waals surface area contributed by atoms with Crippen molar-refractivity contribution >= 4 is 22.8 Å². The van der Waals surface area contributed by atoms with Crippen LogP contribution in [0.1, 0.15) is 32.6 Å². The number of nitrogens with zero attached hydrogens (tertiary/aromatic N) is 3. The number of aryl methyl sites for hydroxylation is 2. The van der Waals surface area contributed by atoms with Gasteiger partial charge in [-0.15, -0.1) is 0 Å². The average molecular weight is 494 g/mol. The molecule has 3 heterocycles. The zero-order chi connectivity index (χ0) is 25.5. The Kier molecular flexibility index (Phi) is 6.07. The number of carbonyl (C=O) groups is 1. The maximum Gasteiger partial charge on any atom is 0.232 e. The molecule has 2 aliphatic heterocycles. The SMILES string of the molecule is Cc1cc(O)c(CN2CCN(Cc3ccccc3)CC2)c2c1C(=O)/C(=C/c1cn(C)c3ccccc13)O2. The third-order valence-electron chi connectivity index (χ3n) is 7.53. The van der Waals surface area contributed by atoms with Crippen LogP contribution >= 0.6 is 0 Å². The summed E-state index contributed by atoms with van der Waals surface area (Å²) >= 11 is 0. The second kappa shape index (κ2) is 9.54. The summed E-state index contributed by atoms with van der Waals surface area (Å²) in [5.74, 6) is 0.853. The van der Waals surface area contributed by atoms with Gasteiger partial charge in [0.15, 0.2) is 5.76 Å². The zero-order valence-corrected chi connectivity index (χ0v) is 21.3. The summed E-state index contributed by atoms with van der Waals surface area (Å²) in [4.78, 5) is 18.2. The number of phenols is 1. The molecule has 4 aromatic rings. The second-order valence-electron chi connectivity index (χ2n) is 10.1. The predicted octanol–water partition coefficient (Wildman–Crippen LogP) is 5.13. The number of ether oxygens (including phenoxy) is 1. The lowest BCUT2D eigenvalue weighted by Crippen LogP contribution is -2.45. The van der Waals surface area contributed by atoms with E-state index in [1.165, 1.54) is 5.56 Å². The van der Waals surface area contributed by atoms with E-state index in [-0.39, 0.29) is 11.5 Å². The first-order chi connectivity index (χ1) is 18.0. The van der Waals surface area contributed by atoms with Gasteiger partial charge in [0.2, 0.25) is 5.78 Å². The number of piperazine rings is 1. The number of Topliss-reactive ketones (excluding diaryl/α,β-unsaturated/α-hetero) is 1. The van der Waals surface area contributed by atoms with Gasteiger partial charge in [-0.1, -0.05) is 48.5 Å². The van der Waals surface area contributed by atoms with Crippen LogP contribution in [0, 0.1) is 6.92 Å². The Morgan fingerprint density at radius 1 is 0.946 bits per heavy atom. The number of aromatic nitrogens is 1. The fourth-order valence-corrected chi connectivity index (χ4v) is 5.53. The van der Waals surface area contributed by atoms with E-state index in [1.54, 1.807) is 6.07 Å². The lowest BCUT2D eigenvalue weighted by Gasteiger charge is -2.35. The average Bonchev–Trinajstić information content (AvgIpc) is 3.40. The number of aromatic hydroxyl groups is 1. The Balaban J connectivity index is 1.23. The molecular weight excluding hydrogens is 462 g/mol. The molecule has 3 aromatic carbocycles. The topological polar surface area (TPSA) is 57.9 Å². The summed E-state index contributed by atoms with van der Waals surface area (Å²) in [6.07, 6.45) is 3.84. The van der Waals surface area contributed by atoms with Crippen molar-refractivity contribution in [3.05, 3.63) is 100 Å². The molecule has 188 valence electrons. The fourth-order valence-electron chi connectivity index (χ4n) is 5.53. The van der Waals surface area contributed by atoms with Crippen molar-refractivity contribution in [1.82, 2.24) is 14.4 Å². The molecule has 1 saturated heterocycles. The minimum atomic E-state index is -0.130. The molecule has 0 radical (unpaired) electrons. The quantitative estimate of drug-likeness (QED) is 0.391. The minimum absolute atomic E-state index is 0.130. The number of phenolic OH excluding ortho intramolecular Hbond substituents is 1. The Bertz CT molecular complexity index is 1510. The van der Waals surface area contributed by atoms with Crippen LogP contribution in [-0.2, 0) is 20.1 Å². The highest BCUT2D eigenvalue weighted by molar-refractivity contribution is 6.16. The highest BCUT2D eigenvalue weighted by Gasteiger charge is 2.34. The molecular formula is C31H31N3O3. The van der Waals surface area contributed by atoms with Gasteiger partial charge < -0.3 is 14.4 Å². The van der Waals surface area contributed by atoms with Crippen LogP contribution in [-0.4, -0.2) is 51.4 Å². The smallest absolute Gasteiger partial charge is 0.232 e. The van der Waals surface area contributed by atoms with Gasteiger partial charge in [0.1, 0.15) is 11.5 Å². The molecule has 0 amide bonds. The van der Waals surface area contributed by atoms with Gasteiger partial charge in [0.25, 0.3) is 0 Å². The largest absolute Gasteiger partial charge is 0.507 e. The van der Waals surface area contributed by atoms with Crippen LogP contribution in [0.5, 0.6) is 11.5 Å². The van der Waals surface area contributed by atoms with Crippen molar-refractivity contribution < 1.29 is 14.6 Å². The Hall–Kier alpha value is -3.87. The number of carbonyl (C=O) groups excluding carboxylic acids is 1. The van der Waals surface area contributed by atoms with Gasteiger partial charge in [0, 0.05) is 69.0 Å². The summed E-state index contributed by atoms with van der Waals surface area (Å²) in [6.45, 7) is 7.03. The molecule has 1 N–H and O–H groups in total. The molecule has 0 spiro atoms. The summed E-state index contributed by atoms with van der Waals surface area (Å²) in [7, 11) is 2.00. The molecule has 37 heavy (non-hydrogen) atoms. The summed E-state index contributed by atoms with van der Waals surface area (Å²) in [5, 5.41) is 12.0. The molecule has 0 bridgehead atoms. The number of rotatable bonds is 5. The van der Waals surface area contributed by atoms with E-state index in [4.69, 9.17) is 4.74 Å². The first kappa shape index (κ1) is 23.5. The molecule has 6 heteroatoms. The van der Waals surface area contributed by atoms with Gasteiger partial charge in [-0.3, -0.25) is 14.6 Å². The number of hydrogen-bond acceptors (Lipinski definition) is 5. The van der Waals surface area contributed by atoms with Crippen LogP contribution < -0.4 is 4.74 Å². The van der Waals surface area contributed by atoms with Crippen LogP contribution in [0.4, 0.5) is 0 Å². The Morgan fingerprint density at radius 2 is 1.62 bits per heavy atom. The predicted molar refractivity (Wildman–Crippen MR) is 146 cm³/mol. The number of benzene rings is 3. The molecule has 0 saturated carbocycles. The molecule has 2 aliphatic rings. The summed E-state index contributed by atoms with van der Waals surface area (Å²) in [5.41, 5.74) is 5.33. The first-order valence-corrected chi connectivity index (χ1v) is 12.8. The lowest BCUT2D eigenvalue weighted by atomic mass is 9.99. The van der Waals surface area contributed by atoms with E-state index in [0.717, 1.165) is 54.8 Å². The van der Waals surface area contributed by atoms with E-state index in [9.17, 15) is 9.90 Å². The molecule has 6 rings (SSSR count). The maximum absolute atomic E-state index is 13.4. The van der Waals surface area contributed by atoms with E-state index >= 15 is 0 Å². The standard InChI is InChI=1S/C31H31N3O3/c1-21-16-27(35)25(20-34-14-12-33(13-15-34)18-22-8-4-3-5-9-22)31-29(21)30(36)28(37-31)17-23-19-32(2)26-11-7-6-10-24(23)26/h3-11,16-17,19,35H,12-15,18,20H2,1-2H3/b28-17-. The highest BCUT2D eigenvalue weighted by atomic mass is 16.5. The van der Waals surface area contributed by atoms with Crippen molar-refractivity contribution in [2.75, 3.05) is 26.2 Å². The summed E-state index contributed by atoms with van der Waals surface area (Å²) in [6, 6.07) is 20.3. The Labute approximate surface area is 217 Å². The molecule has 6 nitrogen and oxygen atoms in total. The van der Waals surface area contributed by atoms with Crippen LogP contribution in [0.25, 0.3) is 17.0 Å². The monoisotopic (exact) mass is 493 g/mol. The molecule has 1 fully saturated rings. The third-order valence-corrected chi connectivity index (χ3v) is 7.53. The fraction of sp³-hybridized carbons (Fsp3) is 0.258. The van der Waals surface area contributed by atoms with Gasteiger partial charge in [-0.25, -0.2) is 0 Å². The normalized spacial score (nSPS) is 17.5. The minimum Gasteiger partial charge on any atom is -0.507 e. The van der Waals surface area contributed by atoms with Crippen molar-refractivity contribution in [3.8, 4) is 11.5 Å². The van der Waals surface area contributed by atoms with E-state index < -0.39 is 0 Å². The van der Waals surface area contributed by atoms with Crippen molar-refractivity contribution in [2.45, 2.75) is 20.0 Å². The number of ketones is 1. The lowest BCUT2D eigenvalue weighted by molar-refractivity contribution is 0.101. The number of allylic oxidation sites excluding steroid dienone is 1. The van der Waals surface area contributed by atoms with Crippen molar-refractivity contribution in [3.63, 3.8) is 0 Å². The second-order valence-corrected chi connectivity index (χ2v) is 10.1. The zero-order valence-electron chi connectivity index (χ0n) is 21.3. The van der Waals surface area contributed by atoms with Crippen LogP contribution in [0.2, 0.25) is 0 Å². The van der Waals surface area contributed by atoms with Gasteiger partial charge in [-0.2, -0.15) is 0 Å². The van der Waals surface area contributed by atoms with E-state index in [2.05, 4.69) is 40.1 Å². The Morgan fingerprint density at radius 3 is 2.38 bits per heavy atom. The van der Waals surface area contributed by atoms with Crippen molar-refractivity contribution in [2.24, 2.45) is 7.05 Å². The number of hydrogen-bond donors (Lipinski definition) is 1. The molecule has 0 unspecified atom stereocenters. The molecule has 0 aliphatic carbocycles.